The van der Waals surface area contributed by atoms with E-state index in [1.165, 1.54) is 0 Å². The first-order valence-corrected chi connectivity index (χ1v) is 6.51. The molecule has 2 aliphatic rings. The highest BCUT2D eigenvalue weighted by Gasteiger charge is 2.28. The number of morpholine rings is 1. The molecule has 0 spiro atoms. The van der Waals surface area contributed by atoms with E-state index >= 15 is 0 Å². The van der Waals surface area contributed by atoms with Crippen molar-refractivity contribution in [1.82, 2.24) is 10.6 Å². The predicted molar refractivity (Wildman–Crippen MR) is 63.6 cm³/mol. The molecular weight excluding hydrogens is 220 g/mol. The first-order chi connectivity index (χ1) is 8.29. The minimum Gasteiger partial charge on any atom is -0.396 e. The number of hydrogen-bond donors (Lipinski definition) is 3. The highest BCUT2D eigenvalue weighted by atomic mass is 16.5. The second-order valence-corrected chi connectivity index (χ2v) is 4.98. The molecule has 5 heteroatoms. The van der Waals surface area contributed by atoms with Crippen molar-refractivity contribution in [2.24, 2.45) is 5.92 Å². The van der Waals surface area contributed by atoms with E-state index in [-0.39, 0.29) is 30.5 Å². The maximum Gasteiger partial charge on any atom is 0.221 e. The van der Waals surface area contributed by atoms with E-state index in [1.54, 1.807) is 0 Å². The zero-order valence-corrected chi connectivity index (χ0v) is 10.2. The molecule has 5 nitrogen and oxygen atoms in total. The molecule has 17 heavy (non-hydrogen) atoms. The largest absolute Gasteiger partial charge is 0.396 e. The smallest absolute Gasteiger partial charge is 0.221 e. The van der Waals surface area contributed by atoms with E-state index < -0.39 is 0 Å². The van der Waals surface area contributed by atoms with E-state index in [9.17, 15) is 9.90 Å². The Hall–Kier alpha value is -0.650. The third-order valence-corrected chi connectivity index (χ3v) is 3.67. The summed E-state index contributed by atoms with van der Waals surface area (Å²) in [7, 11) is 0. The van der Waals surface area contributed by atoms with Gasteiger partial charge in [0.2, 0.25) is 5.91 Å². The third kappa shape index (κ3) is 3.66. The van der Waals surface area contributed by atoms with Crippen molar-refractivity contribution in [3.05, 3.63) is 0 Å². The molecule has 2 rings (SSSR count). The monoisotopic (exact) mass is 242 g/mol. The summed E-state index contributed by atoms with van der Waals surface area (Å²) in [6.45, 7) is 2.34. The van der Waals surface area contributed by atoms with Gasteiger partial charge in [-0.25, -0.2) is 0 Å². The van der Waals surface area contributed by atoms with Crippen LogP contribution < -0.4 is 10.6 Å². The maximum absolute atomic E-state index is 11.8. The number of ether oxygens (including phenoxy) is 1. The molecule has 1 heterocycles. The molecular formula is C12H22N2O3. The molecule has 98 valence electrons. The molecule has 0 bridgehead atoms. The van der Waals surface area contributed by atoms with Crippen molar-refractivity contribution in [3.63, 3.8) is 0 Å². The van der Waals surface area contributed by atoms with Crippen LogP contribution in [0, 0.1) is 5.92 Å². The Morgan fingerprint density at radius 3 is 3.06 bits per heavy atom. The van der Waals surface area contributed by atoms with Crippen LogP contribution in [0.1, 0.15) is 25.7 Å². The Bertz CT molecular complexity index is 254. The summed E-state index contributed by atoms with van der Waals surface area (Å²) in [5.41, 5.74) is 0. The van der Waals surface area contributed by atoms with Crippen molar-refractivity contribution < 1.29 is 14.6 Å². The number of rotatable bonds is 4. The lowest BCUT2D eigenvalue weighted by molar-refractivity contribution is -0.123. The number of nitrogens with one attached hydrogen (secondary N) is 2. The molecule has 2 fully saturated rings. The van der Waals surface area contributed by atoms with E-state index in [1.807, 2.05) is 0 Å². The summed E-state index contributed by atoms with van der Waals surface area (Å²) in [5, 5.41) is 15.5. The third-order valence-electron chi connectivity index (χ3n) is 3.67. The van der Waals surface area contributed by atoms with Crippen LogP contribution in [0.5, 0.6) is 0 Å². The zero-order chi connectivity index (χ0) is 12.1. The zero-order valence-electron chi connectivity index (χ0n) is 10.2. The van der Waals surface area contributed by atoms with Crippen LogP contribution in [0.15, 0.2) is 0 Å². The van der Waals surface area contributed by atoms with E-state index in [0.29, 0.717) is 13.0 Å². The fourth-order valence-corrected chi connectivity index (χ4v) is 2.69. The van der Waals surface area contributed by atoms with Crippen LogP contribution in [0.25, 0.3) is 0 Å². The normalized spacial score (nSPS) is 33.6. The molecule has 0 aromatic carbocycles. The highest BCUT2D eigenvalue weighted by Crippen LogP contribution is 2.25. The fourth-order valence-electron chi connectivity index (χ4n) is 2.69. The molecule has 1 aliphatic carbocycles. The predicted octanol–water partition coefficient (Wildman–Crippen LogP) is -0.358. The van der Waals surface area contributed by atoms with Crippen molar-refractivity contribution >= 4 is 5.91 Å². The fraction of sp³-hybridized carbons (Fsp3) is 0.917. The van der Waals surface area contributed by atoms with Crippen LogP contribution in [0.4, 0.5) is 0 Å². The van der Waals surface area contributed by atoms with Crippen molar-refractivity contribution in [2.75, 3.05) is 26.4 Å². The Labute approximate surface area is 102 Å². The van der Waals surface area contributed by atoms with E-state index in [2.05, 4.69) is 10.6 Å². The van der Waals surface area contributed by atoms with Crippen LogP contribution in [-0.4, -0.2) is 49.5 Å². The van der Waals surface area contributed by atoms with Crippen LogP contribution in [0.3, 0.4) is 0 Å². The lowest BCUT2D eigenvalue weighted by Crippen LogP contribution is -2.46. The van der Waals surface area contributed by atoms with Gasteiger partial charge in [-0.05, 0) is 12.8 Å². The molecule has 1 saturated carbocycles. The van der Waals surface area contributed by atoms with Gasteiger partial charge < -0.3 is 20.5 Å². The summed E-state index contributed by atoms with van der Waals surface area (Å²) < 4.78 is 5.31. The van der Waals surface area contributed by atoms with Crippen molar-refractivity contribution in [3.8, 4) is 0 Å². The first kappa shape index (κ1) is 12.8. The van der Waals surface area contributed by atoms with Gasteiger partial charge in [0.1, 0.15) is 0 Å². The van der Waals surface area contributed by atoms with Gasteiger partial charge in [-0.15, -0.1) is 0 Å². The molecule has 1 aliphatic heterocycles. The lowest BCUT2D eigenvalue weighted by atomic mass is 10.0. The Morgan fingerprint density at radius 1 is 1.47 bits per heavy atom. The molecule has 3 atom stereocenters. The summed E-state index contributed by atoms with van der Waals surface area (Å²) in [6, 6.07) is 0.301. The van der Waals surface area contributed by atoms with Crippen LogP contribution in [-0.2, 0) is 9.53 Å². The lowest BCUT2D eigenvalue weighted by Gasteiger charge is -2.25. The van der Waals surface area contributed by atoms with Gasteiger partial charge in [0.25, 0.3) is 0 Å². The minimum absolute atomic E-state index is 0.0679. The summed E-state index contributed by atoms with van der Waals surface area (Å²) in [5.74, 6) is 0.313. The Morgan fingerprint density at radius 2 is 2.35 bits per heavy atom. The molecule has 0 aromatic heterocycles. The number of hydrogen-bond acceptors (Lipinski definition) is 4. The number of carbonyl (C=O) groups is 1. The summed E-state index contributed by atoms with van der Waals surface area (Å²) >= 11 is 0. The summed E-state index contributed by atoms with van der Waals surface area (Å²) in [4.78, 5) is 11.8. The number of carbonyl (C=O) groups excluding carboxylic acids is 1. The average Bonchev–Trinajstić information content (AvgIpc) is 2.77. The highest BCUT2D eigenvalue weighted by molar-refractivity contribution is 5.77. The summed E-state index contributed by atoms with van der Waals surface area (Å²) in [6.07, 6.45) is 3.58. The van der Waals surface area contributed by atoms with E-state index in [4.69, 9.17) is 4.74 Å². The SMILES string of the molecule is O=C(CC1COCCN1)NC1CCCC1CO. The average molecular weight is 242 g/mol. The second-order valence-electron chi connectivity index (χ2n) is 4.98. The molecule has 3 N–H and O–H groups in total. The second kappa shape index (κ2) is 6.33. The molecule has 3 unspecified atom stereocenters. The number of aliphatic hydroxyl groups excluding tert-OH is 1. The van der Waals surface area contributed by atoms with Crippen molar-refractivity contribution in [2.45, 2.75) is 37.8 Å². The molecule has 0 radical (unpaired) electrons. The van der Waals surface area contributed by atoms with Gasteiger partial charge in [-0.1, -0.05) is 6.42 Å². The van der Waals surface area contributed by atoms with Crippen LogP contribution in [0.2, 0.25) is 0 Å². The van der Waals surface area contributed by atoms with Gasteiger partial charge in [0.05, 0.1) is 13.2 Å². The van der Waals surface area contributed by atoms with E-state index in [0.717, 1.165) is 32.4 Å². The van der Waals surface area contributed by atoms with Crippen LogP contribution >= 0.6 is 0 Å². The minimum atomic E-state index is 0.0679. The quantitative estimate of drug-likeness (QED) is 0.630. The van der Waals surface area contributed by atoms with Gasteiger partial charge >= 0.3 is 0 Å². The molecule has 1 amide bonds. The maximum atomic E-state index is 11.8. The van der Waals surface area contributed by atoms with Gasteiger partial charge in [-0.3, -0.25) is 4.79 Å². The van der Waals surface area contributed by atoms with Crippen molar-refractivity contribution in [1.29, 1.82) is 0 Å². The van der Waals surface area contributed by atoms with Gasteiger partial charge in [0.15, 0.2) is 0 Å². The Balaban J connectivity index is 1.72. The molecule has 1 saturated heterocycles. The standard InChI is InChI=1S/C12H22N2O3/c15-7-9-2-1-3-11(9)14-12(16)6-10-8-17-5-4-13-10/h9-11,13,15H,1-8H2,(H,14,16). The number of amides is 1. The molecule has 0 aromatic rings. The first-order valence-electron chi connectivity index (χ1n) is 6.51. The van der Waals surface area contributed by atoms with Gasteiger partial charge in [0, 0.05) is 37.6 Å². The Kier molecular flexibility index (Phi) is 4.76. The van der Waals surface area contributed by atoms with Gasteiger partial charge in [-0.2, -0.15) is 0 Å². The topological polar surface area (TPSA) is 70.6 Å². The number of aliphatic hydroxyl groups is 1.